The summed E-state index contributed by atoms with van der Waals surface area (Å²) < 4.78 is 0. The Labute approximate surface area is 148 Å². The number of nitrogens with zero attached hydrogens (tertiary/aromatic N) is 1. The fourth-order valence-corrected chi connectivity index (χ4v) is 3.32. The number of hydrogen-bond donors (Lipinski definition) is 2. The van der Waals surface area contributed by atoms with Crippen molar-refractivity contribution < 1.29 is 19.5 Å². The zero-order valence-corrected chi connectivity index (χ0v) is 14.2. The second-order valence-electron chi connectivity index (χ2n) is 5.70. The number of rotatable bonds is 5. The van der Waals surface area contributed by atoms with Crippen LogP contribution in [0.25, 0.3) is 0 Å². The largest absolute Gasteiger partial charge is 0.478 e. The summed E-state index contributed by atoms with van der Waals surface area (Å²) in [5, 5.41) is 11.0. The highest BCUT2D eigenvalue weighted by Gasteiger charge is 2.39. The molecule has 0 aromatic heterocycles. The lowest BCUT2D eigenvalue weighted by Crippen LogP contribution is -2.33. The molecule has 1 atom stereocenters. The molecule has 2 aromatic rings. The number of carbonyl (C=O) groups is 3. The van der Waals surface area contributed by atoms with Crippen molar-refractivity contribution in [1.29, 1.82) is 0 Å². The molecule has 2 N–H and O–H groups in total. The van der Waals surface area contributed by atoms with Crippen molar-refractivity contribution in [3.8, 4) is 0 Å². The van der Waals surface area contributed by atoms with Gasteiger partial charge in [-0.25, -0.2) is 4.79 Å². The Morgan fingerprint density at radius 1 is 1.12 bits per heavy atom. The number of imide groups is 1. The highest BCUT2D eigenvalue weighted by atomic mass is 32.2. The molecule has 1 fully saturated rings. The molecule has 128 valence electrons. The molecule has 1 unspecified atom stereocenters. The van der Waals surface area contributed by atoms with E-state index in [9.17, 15) is 14.4 Å². The molecule has 7 heteroatoms. The second-order valence-corrected chi connectivity index (χ2v) is 6.76. The van der Waals surface area contributed by atoms with Crippen molar-refractivity contribution in [3.05, 3.63) is 65.2 Å². The van der Waals surface area contributed by atoms with Gasteiger partial charge in [0, 0.05) is 5.69 Å². The van der Waals surface area contributed by atoms with Crippen LogP contribution in [0.4, 0.5) is 10.5 Å². The first kappa shape index (κ1) is 17.0. The van der Waals surface area contributed by atoms with Gasteiger partial charge in [-0.3, -0.25) is 14.5 Å². The Hall–Kier alpha value is -2.80. The van der Waals surface area contributed by atoms with Gasteiger partial charge >= 0.3 is 5.97 Å². The predicted molar refractivity (Wildman–Crippen MR) is 95.5 cm³/mol. The van der Waals surface area contributed by atoms with Gasteiger partial charge in [-0.05, 0) is 48.5 Å². The van der Waals surface area contributed by atoms with Crippen molar-refractivity contribution in [2.75, 3.05) is 5.32 Å². The lowest BCUT2D eigenvalue weighted by atomic mass is 10.1. The van der Waals surface area contributed by atoms with E-state index >= 15 is 0 Å². The predicted octanol–water partition coefficient (Wildman–Crippen LogP) is 3.33. The number of amides is 2. The summed E-state index contributed by atoms with van der Waals surface area (Å²) in [7, 11) is 0. The lowest BCUT2D eigenvalue weighted by Gasteiger charge is -2.15. The molecular weight excluding hydrogens is 340 g/mol. The minimum absolute atomic E-state index is 0.122. The summed E-state index contributed by atoms with van der Waals surface area (Å²) in [5.41, 5.74) is 2.75. The van der Waals surface area contributed by atoms with E-state index in [2.05, 4.69) is 5.32 Å². The normalized spacial score (nSPS) is 17.0. The molecule has 25 heavy (non-hydrogen) atoms. The average molecular weight is 356 g/mol. The maximum atomic E-state index is 12.5. The Morgan fingerprint density at radius 2 is 1.76 bits per heavy atom. The second kappa shape index (κ2) is 6.98. The van der Waals surface area contributed by atoms with Gasteiger partial charge in [0.1, 0.15) is 0 Å². The molecule has 0 aliphatic carbocycles. The summed E-state index contributed by atoms with van der Waals surface area (Å²) in [6.07, 6.45) is 0. The van der Waals surface area contributed by atoms with Crippen LogP contribution in [0, 0.1) is 6.92 Å². The van der Waals surface area contributed by atoms with Crippen LogP contribution in [-0.2, 0) is 11.3 Å². The van der Waals surface area contributed by atoms with E-state index in [0.29, 0.717) is 5.56 Å². The fourth-order valence-electron chi connectivity index (χ4n) is 2.42. The highest BCUT2D eigenvalue weighted by molar-refractivity contribution is 8.15. The molecule has 0 spiro atoms. The molecule has 2 aromatic carbocycles. The summed E-state index contributed by atoms with van der Waals surface area (Å²) in [6, 6.07) is 13.7. The number of aromatic carboxylic acids is 1. The minimum atomic E-state index is -1.02. The first-order valence-corrected chi connectivity index (χ1v) is 8.49. The number of carbonyl (C=O) groups excluding carboxylic acids is 2. The molecule has 0 bridgehead atoms. The van der Waals surface area contributed by atoms with E-state index in [0.717, 1.165) is 23.0 Å². The molecule has 0 saturated carbocycles. The monoisotopic (exact) mass is 356 g/mol. The zero-order valence-electron chi connectivity index (χ0n) is 13.4. The minimum Gasteiger partial charge on any atom is -0.478 e. The van der Waals surface area contributed by atoms with Crippen LogP contribution in [-0.4, -0.2) is 32.5 Å². The van der Waals surface area contributed by atoms with Gasteiger partial charge in [0.25, 0.3) is 11.1 Å². The van der Waals surface area contributed by atoms with Gasteiger partial charge in [0.2, 0.25) is 0 Å². The van der Waals surface area contributed by atoms with Crippen LogP contribution in [0.3, 0.4) is 0 Å². The number of aryl methyl sites for hydroxylation is 1. The van der Waals surface area contributed by atoms with E-state index in [-0.39, 0.29) is 23.3 Å². The van der Waals surface area contributed by atoms with Gasteiger partial charge in [-0.15, -0.1) is 0 Å². The Morgan fingerprint density at radius 3 is 2.36 bits per heavy atom. The van der Waals surface area contributed by atoms with Gasteiger partial charge in [0.05, 0.1) is 12.1 Å². The standard InChI is InChI=1S/C18H16N2O4S/c1-11-2-8-14(9-3-11)19-15-16(21)20(18(24)25-15)10-12-4-6-13(7-5-12)17(22)23/h2-9,15,19H,10H2,1H3,(H,22,23). The highest BCUT2D eigenvalue weighted by Crippen LogP contribution is 2.29. The summed E-state index contributed by atoms with van der Waals surface area (Å²) in [5.74, 6) is -1.32. The topological polar surface area (TPSA) is 86.7 Å². The smallest absolute Gasteiger partial charge is 0.335 e. The SMILES string of the molecule is Cc1ccc(NC2SC(=O)N(Cc3ccc(C(=O)O)cc3)C2=O)cc1. The maximum Gasteiger partial charge on any atom is 0.335 e. The van der Waals surface area contributed by atoms with Crippen LogP contribution in [0.15, 0.2) is 48.5 Å². The molecule has 1 heterocycles. The lowest BCUT2D eigenvalue weighted by molar-refractivity contribution is -0.126. The van der Waals surface area contributed by atoms with E-state index in [1.165, 1.54) is 17.0 Å². The molecule has 2 amide bonds. The summed E-state index contributed by atoms with van der Waals surface area (Å²) in [4.78, 5) is 36.7. The molecule has 1 saturated heterocycles. The molecule has 0 radical (unpaired) electrons. The Kier molecular flexibility index (Phi) is 4.76. The average Bonchev–Trinajstić information content (AvgIpc) is 2.85. The number of carboxylic acids is 1. The van der Waals surface area contributed by atoms with Gasteiger partial charge in [0.15, 0.2) is 5.37 Å². The number of anilines is 1. The number of hydrogen-bond acceptors (Lipinski definition) is 5. The van der Waals surface area contributed by atoms with E-state index < -0.39 is 11.3 Å². The summed E-state index contributed by atoms with van der Waals surface area (Å²) >= 11 is 0.940. The third kappa shape index (κ3) is 3.83. The molecule has 1 aliphatic rings. The van der Waals surface area contributed by atoms with Crippen molar-refractivity contribution in [3.63, 3.8) is 0 Å². The molecule has 3 rings (SSSR count). The van der Waals surface area contributed by atoms with E-state index in [1.807, 2.05) is 31.2 Å². The van der Waals surface area contributed by atoms with Crippen LogP contribution < -0.4 is 5.32 Å². The number of thioether (sulfide) groups is 1. The van der Waals surface area contributed by atoms with Crippen LogP contribution >= 0.6 is 11.8 Å². The van der Waals surface area contributed by atoms with Crippen molar-refractivity contribution in [2.45, 2.75) is 18.8 Å². The third-order valence-electron chi connectivity index (χ3n) is 3.82. The zero-order chi connectivity index (χ0) is 18.0. The van der Waals surface area contributed by atoms with Crippen LogP contribution in [0.2, 0.25) is 0 Å². The van der Waals surface area contributed by atoms with E-state index in [4.69, 9.17) is 5.11 Å². The third-order valence-corrected chi connectivity index (χ3v) is 4.80. The van der Waals surface area contributed by atoms with Gasteiger partial charge in [-0.2, -0.15) is 0 Å². The first-order chi connectivity index (χ1) is 11.9. The first-order valence-electron chi connectivity index (χ1n) is 7.61. The molecular formula is C18H16N2O4S. The van der Waals surface area contributed by atoms with Crippen LogP contribution in [0.5, 0.6) is 0 Å². The van der Waals surface area contributed by atoms with Crippen molar-refractivity contribution in [1.82, 2.24) is 4.90 Å². The van der Waals surface area contributed by atoms with Gasteiger partial charge < -0.3 is 10.4 Å². The Balaban J connectivity index is 1.68. The molecule has 1 aliphatic heterocycles. The number of carboxylic acid groups (broad SMARTS) is 1. The Bertz CT molecular complexity index is 818. The van der Waals surface area contributed by atoms with Crippen LogP contribution in [0.1, 0.15) is 21.5 Å². The van der Waals surface area contributed by atoms with Crippen molar-refractivity contribution >= 4 is 34.6 Å². The fraction of sp³-hybridized carbons (Fsp3) is 0.167. The van der Waals surface area contributed by atoms with Gasteiger partial charge in [-0.1, -0.05) is 29.8 Å². The quantitative estimate of drug-likeness (QED) is 0.855. The number of benzene rings is 2. The van der Waals surface area contributed by atoms with Crippen molar-refractivity contribution in [2.24, 2.45) is 0 Å². The number of nitrogens with one attached hydrogen (secondary N) is 1. The maximum absolute atomic E-state index is 12.5. The van der Waals surface area contributed by atoms with E-state index in [1.54, 1.807) is 12.1 Å². The molecule has 6 nitrogen and oxygen atoms in total. The summed E-state index contributed by atoms with van der Waals surface area (Å²) in [6.45, 7) is 2.09.